The summed E-state index contributed by atoms with van der Waals surface area (Å²) < 4.78 is 12.4. The molecule has 3 saturated carbocycles. The van der Waals surface area contributed by atoms with Crippen molar-refractivity contribution < 1.29 is 23.9 Å². The molecule has 0 bridgehead atoms. The molecule has 0 aromatic rings. The van der Waals surface area contributed by atoms with Gasteiger partial charge in [0, 0.05) is 46.1 Å². The number of nitrogens with zero attached hydrogens (tertiary/aromatic N) is 1. The molecule has 0 N–H and O–H groups in total. The lowest BCUT2D eigenvalue weighted by Gasteiger charge is -2.58. The van der Waals surface area contributed by atoms with Crippen molar-refractivity contribution in [3.8, 4) is 0 Å². The van der Waals surface area contributed by atoms with Crippen LogP contribution in [0.1, 0.15) is 106 Å². The summed E-state index contributed by atoms with van der Waals surface area (Å²) in [6, 6.07) is 0. The van der Waals surface area contributed by atoms with Crippen molar-refractivity contribution in [3.05, 3.63) is 23.0 Å². The van der Waals surface area contributed by atoms with E-state index >= 15 is 0 Å². The highest BCUT2D eigenvalue weighted by molar-refractivity contribution is 5.92. The fourth-order valence-corrected chi connectivity index (χ4v) is 9.81. The second-order valence-electron chi connectivity index (χ2n) is 14.0. The van der Waals surface area contributed by atoms with Crippen molar-refractivity contribution in [1.82, 2.24) is 4.90 Å². The van der Waals surface area contributed by atoms with E-state index in [1.807, 2.05) is 0 Å². The smallest absolute Gasteiger partial charge is 0.302 e. The van der Waals surface area contributed by atoms with E-state index < -0.39 is 0 Å². The van der Waals surface area contributed by atoms with Gasteiger partial charge in [-0.15, -0.1) is 0 Å². The van der Waals surface area contributed by atoms with Gasteiger partial charge < -0.3 is 9.47 Å². The molecule has 216 valence electrons. The second-order valence-corrected chi connectivity index (χ2v) is 14.0. The van der Waals surface area contributed by atoms with Crippen LogP contribution in [0.5, 0.6) is 0 Å². The number of hydrogen-bond acceptors (Lipinski definition) is 5. The van der Waals surface area contributed by atoms with E-state index in [2.05, 4.69) is 33.8 Å². The highest BCUT2D eigenvalue weighted by Crippen LogP contribution is 2.69. The van der Waals surface area contributed by atoms with Crippen molar-refractivity contribution in [3.63, 3.8) is 0 Å². The Morgan fingerprint density at radius 2 is 1.82 bits per heavy atom. The zero-order valence-corrected chi connectivity index (χ0v) is 25.2. The largest absolute Gasteiger partial charge is 0.494 e. The number of allylic oxidation sites excluding steroid dienone is 2. The SMILES string of the molecule is CC(=O)O[C@H]1CC[C@@]2(C)C(=CC[C@H]3[C@H]2CC[C@]2(C)[C@@H]4C(C)=C(CC[C@@H](C)CN(C(C)=O)C(C)=O)O[C@@H]4C[C@@H]32)C1. The zero-order chi connectivity index (χ0) is 28.3. The normalized spacial score (nSPS) is 39.4. The molecule has 39 heavy (non-hydrogen) atoms. The molecule has 0 unspecified atom stereocenters. The summed E-state index contributed by atoms with van der Waals surface area (Å²) >= 11 is 0. The molecule has 4 aliphatic carbocycles. The zero-order valence-electron chi connectivity index (χ0n) is 25.2. The number of amides is 2. The number of imide groups is 1. The van der Waals surface area contributed by atoms with E-state index in [1.165, 1.54) is 44.1 Å². The first-order valence-corrected chi connectivity index (χ1v) is 15.4. The highest BCUT2D eigenvalue weighted by Gasteiger charge is 2.63. The van der Waals surface area contributed by atoms with Crippen molar-refractivity contribution >= 4 is 17.8 Å². The topological polar surface area (TPSA) is 72.9 Å². The molecule has 6 heteroatoms. The van der Waals surface area contributed by atoms with E-state index in [1.54, 1.807) is 5.57 Å². The van der Waals surface area contributed by atoms with E-state index in [9.17, 15) is 14.4 Å². The molecule has 9 atom stereocenters. The molecule has 2 amide bonds. The summed E-state index contributed by atoms with van der Waals surface area (Å²) in [5.74, 6) is 3.48. The van der Waals surface area contributed by atoms with Gasteiger partial charge in [-0.2, -0.15) is 0 Å². The lowest BCUT2D eigenvalue weighted by atomic mass is 9.47. The summed E-state index contributed by atoms with van der Waals surface area (Å²) in [6.07, 6.45) is 12.5. The number of carbonyl (C=O) groups is 3. The predicted molar refractivity (Wildman–Crippen MR) is 150 cm³/mol. The Morgan fingerprint density at radius 1 is 1.10 bits per heavy atom. The first-order valence-electron chi connectivity index (χ1n) is 15.4. The number of hydrogen-bond donors (Lipinski definition) is 0. The van der Waals surface area contributed by atoms with Gasteiger partial charge in [0.2, 0.25) is 11.8 Å². The average Bonchev–Trinajstić information content (AvgIpc) is 3.33. The van der Waals surface area contributed by atoms with Gasteiger partial charge in [0.25, 0.3) is 0 Å². The molecule has 0 radical (unpaired) electrons. The average molecular weight is 540 g/mol. The van der Waals surface area contributed by atoms with Gasteiger partial charge in [-0.25, -0.2) is 0 Å². The van der Waals surface area contributed by atoms with E-state index in [0.717, 1.165) is 50.7 Å². The maximum atomic E-state index is 11.8. The van der Waals surface area contributed by atoms with Crippen LogP contribution in [0.4, 0.5) is 0 Å². The van der Waals surface area contributed by atoms with Crippen LogP contribution in [-0.4, -0.2) is 41.4 Å². The quantitative estimate of drug-likeness (QED) is 0.281. The fourth-order valence-electron chi connectivity index (χ4n) is 9.81. The summed E-state index contributed by atoms with van der Waals surface area (Å²) in [5.41, 5.74) is 3.50. The van der Waals surface area contributed by atoms with Crippen LogP contribution in [0.2, 0.25) is 0 Å². The fraction of sp³-hybridized carbons (Fsp3) is 0.788. The van der Waals surface area contributed by atoms with Crippen LogP contribution in [-0.2, 0) is 23.9 Å². The Bertz CT molecular complexity index is 1080. The number of ether oxygens (including phenoxy) is 2. The molecule has 1 heterocycles. The molecule has 1 aliphatic heterocycles. The highest BCUT2D eigenvalue weighted by atomic mass is 16.5. The minimum absolute atomic E-state index is 0.0494. The van der Waals surface area contributed by atoms with Crippen LogP contribution < -0.4 is 0 Å². The second kappa shape index (κ2) is 10.4. The van der Waals surface area contributed by atoms with Crippen molar-refractivity contribution in [2.45, 2.75) is 118 Å². The van der Waals surface area contributed by atoms with E-state index in [0.29, 0.717) is 30.2 Å². The third-order valence-electron chi connectivity index (χ3n) is 11.7. The molecular weight excluding hydrogens is 490 g/mol. The Kier molecular flexibility index (Phi) is 7.56. The van der Waals surface area contributed by atoms with E-state index in [4.69, 9.17) is 9.47 Å². The van der Waals surface area contributed by atoms with Gasteiger partial charge >= 0.3 is 5.97 Å². The number of esters is 1. The number of carbonyl (C=O) groups excluding carboxylic acids is 3. The van der Waals surface area contributed by atoms with Gasteiger partial charge in [-0.05, 0) is 91.9 Å². The van der Waals surface area contributed by atoms with Gasteiger partial charge in [0.1, 0.15) is 12.2 Å². The van der Waals surface area contributed by atoms with Gasteiger partial charge in [0.05, 0.1) is 5.76 Å². The standard InChI is InChI=1S/C33H49NO5/c1-19(18-34(21(3)35)22(4)36)8-11-29-20(2)31-30(39-29)17-28-26-10-9-24-16-25(38-23(5)37)12-14-32(24,6)27(26)13-15-33(28,31)7/h9,19,25-28,30-31H,8,10-18H2,1-7H3/t19-,25+,26+,27-,28+,30-,31-,32+,33+/m1/s1. The van der Waals surface area contributed by atoms with Gasteiger partial charge in [-0.3, -0.25) is 19.3 Å². The molecule has 0 saturated heterocycles. The predicted octanol–water partition coefficient (Wildman–Crippen LogP) is 6.59. The van der Waals surface area contributed by atoms with Crippen LogP contribution in [0, 0.1) is 40.4 Å². The van der Waals surface area contributed by atoms with Crippen LogP contribution >= 0.6 is 0 Å². The lowest BCUT2D eigenvalue weighted by molar-refractivity contribution is -0.149. The number of rotatable bonds is 6. The first-order chi connectivity index (χ1) is 18.3. The summed E-state index contributed by atoms with van der Waals surface area (Å²) in [6.45, 7) is 14.4. The van der Waals surface area contributed by atoms with Crippen LogP contribution in [0.15, 0.2) is 23.0 Å². The minimum Gasteiger partial charge on any atom is -0.494 e. The van der Waals surface area contributed by atoms with Crippen LogP contribution in [0.3, 0.4) is 0 Å². The van der Waals surface area contributed by atoms with Gasteiger partial charge in [0.15, 0.2) is 0 Å². The Labute approximate surface area is 234 Å². The molecule has 5 rings (SSSR count). The van der Waals surface area contributed by atoms with E-state index in [-0.39, 0.29) is 46.7 Å². The van der Waals surface area contributed by atoms with Crippen molar-refractivity contribution in [2.24, 2.45) is 40.4 Å². The maximum absolute atomic E-state index is 11.8. The number of fused-ring (bicyclic) bond motifs is 7. The summed E-state index contributed by atoms with van der Waals surface area (Å²) in [4.78, 5) is 36.6. The third-order valence-corrected chi connectivity index (χ3v) is 11.7. The molecule has 3 fully saturated rings. The van der Waals surface area contributed by atoms with Gasteiger partial charge in [-0.1, -0.05) is 32.4 Å². The minimum atomic E-state index is -0.179. The monoisotopic (exact) mass is 539 g/mol. The maximum Gasteiger partial charge on any atom is 0.302 e. The third kappa shape index (κ3) is 4.88. The molecule has 0 spiro atoms. The summed E-state index contributed by atoms with van der Waals surface area (Å²) in [5, 5.41) is 0. The molecule has 6 nitrogen and oxygen atoms in total. The first kappa shape index (κ1) is 28.4. The summed E-state index contributed by atoms with van der Waals surface area (Å²) in [7, 11) is 0. The van der Waals surface area contributed by atoms with Crippen molar-refractivity contribution in [2.75, 3.05) is 6.54 Å². The molecule has 0 aromatic carbocycles. The van der Waals surface area contributed by atoms with Crippen molar-refractivity contribution in [1.29, 1.82) is 0 Å². The Hall–Kier alpha value is -2.11. The molecule has 5 aliphatic rings. The lowest BCUT2D eigenvalue weighted by Crippen LogP contribution is -2.50. The molecule has 0 aromatic heterocycles. The Balaban J connectivity index is 1.27. The Morgan fingerprint density at radius 3 is 2.49 bits per heavy atom. The van der Waals surface area contributed by atoms with Crippen LogP contribution in [0.25, 0.3) is 0 Å². The molecular formula is C33H49NO5.